The Hall–Kier alpha value is -3.45. The number of rotatable bonds is 5. The lowest BCUT2D eigenvalue weighted by Gasteiger charge is -2.17. The highest BCUT2D eigenvalue weighted by Gasteiger charge is 2.16. The van der Waals surface area contributed by atoms with E-state index in [4.69, 9.17) is 5.73 Å². The molecule has 7 heteroatoms. The van der Waals surface area contributed by atoms with Crippen LogP contribution in [-0.2, 0) is 7.05 Å². The van der Waals surface area contributed by atoms with Crippen molar-refractivity contribution < 1.29 is 5.11 Å². The molecule has 7 nitrogen and oxygen atoms in total. The van der Waals surface area contributed by atoms with Crippen molar-refractivity contribution in [3.8, 4) is 5.88 Å². The molecule has 2 aromatic carbocycles. The first-order chi connectivity index (χ1) is 13.2. The van der Waals surface area contributed by atoms with Crippen molar-refractivity contribution in [2.24, 2.45) is 23.0 Å². The van der Waals surface area contributed by atoms with Crippen LogP contribution in [0.4, 0.5) is 5.95 Å². The van der Waals surface area contributed by atoms with E-state index in [0.717, 1.165) is 21.7 Å². The van der Waals surface area contributed by atoms with Crippen molar-refractivity contribution in [2.75, 3.05) is 11.9 Å². The number of imidazole rings is 1. The molecule has 4 rings (SSSR count). The highest BCUT2D eigenvalue weighted by Crippen LogP contribution is 2.24. The Morgan fingerprint density at radius 3 is 2.81 bits per heavy atom. The fourth-order valence-corrected chi connectivity index (χ4v) is 3.03. The number of benzene rings is 2. The second kappa shape index (κ2) is 7.05. The van der Waals surface area contributed by atoms with E-state index in [0.29, 0.717) is 18.2 Å². The summed E-state index contributed by atoms with van der Waals surface area (Å²) in [7, 11) is 1.76. The predicted molar refractivity (Wildman–Crippen MR) is 105 cm³/mol. The van der Waals surface area contributed by atoms with Crippen molar-refractivity contribution in [1.29, 1.82) is 0 Å². The molecule has 0 aliphatic carbocycles. The first-order valence-corrected chi connectivity index (χ1v) is 8.66. The highest BCUT2D eigenvalue weighted by atomic mass is 16.3. The molecule has 136 valence electrons. The van der Waals surface area contributed by atoms with E-state index in [1.165, 1.54) is 0 Å². The first-order valence-electron chi connectivity index (χ1n) is 8.66. The zero-order valence-corrected chi connectivity index (χ0v) is 14.9. The Morgan fingerprint density at radius 1 is 1.22 bits per heavy atom. The van der Waals surface area contributed by atoms with Gasteiger partial charge in [0.25, 0.3) is 0 Å². The van der Waals surface area contributed by atoms with Gasteiger partial charge in [-0.15, -0.1) is 0 Å². The van der Waals surface area contributed by atoms with E-state index in [1.807, 2.05) is 54.6 Å². The van der Waals surface area contributed by atoms with Crippen LogP contribution in [-0.4, -0.2) is 27.4 Å². The molecule has 2 heterocycles. The Balaban J connectivity index is 1.66. The van der Waals surface area contributed by atoms with E-state index in [1.54, 1.807) is 17.8 Å². The Labute approximate surface area is 156 Å². The maximum atomic E-state index is 10.5. The number of hydrogen-bond donors (Lipinski definition) is 3. The lowest BCUT2D eigenvalue weighted by molar-refractivity contribution is 0.431. The monoisotopic (exact) mass is 360 g/mol. The third-order valence-electron chi connectivity index (χ3n) is 4.55. The van der Waals surface area contributed by atoms with Gasteiger partial charge >= 0.3 is 0 Å². The van der Waals surface area contributed by atoms with Gasteiger partial charge < -0.3 is 16.2 Å². The summed E-state index contributed by atoms with van der Waals surface area (Å²) in [4.78, 5) is 4.55. The average Bonchev–Trinajstić information content (AvgIpc) is 3.27. The van der Waals surface area contributed by atoms with Crippen LogP contribution in [0.3, 0.4) is 0 Å². The number of aromatic nitrogens is 2. The Morgan fingerprint density at radius 2 is 2.04 bits per heavy atom. The van der Waals surface area contributed by atoms with E-state index in [9.17, 15) is 5.11 Å². The van der Waals surface area contributed by atoms with E-state index in [-0.39, 0.29) is 11.9 Å². The maximum Gasteiger partial charge on any atom is 0.220 e. The van der Waals surface area contributed by atoms with Crippen molar-refractivity contribution >= 4 is 18.2 Å². The molecule has 27 heavy (non-hydrogen) atoms. The van der Waals surface area contributed by atoms with Gasteiger partial charge in [-0.2, -0.15) is 10.2 Å². The van der Waals surface area contributed by atoms with Crippen LogP contribution in [0.2, 0.25) is 0 Å². The lowest BCUT2D eigenvalue weighted by atomic mass is 10.1. The molecule has 1 aromatic heterocycles. The van der Waals surface area contributed by atoms with Crippen LogP contribution in [0.25, 0.3) is 6.08 Å². The van der Waals surface area contributed by atoms with Gasteiger partial charge in [0, 0.05) is 19.2 Å². The Kier molecular flexibility index (Phi) is 4.43. The van der Waals surface area contributed by atoms with Crippen LogP contribution in [0.5, 0.6) is 5.88 Å². The van der Waals surface area contributed by atoms with Crippen molar-refractivity contribution in [3.05, 3.63) is 75.9 Å². The van der Waals surface area contributed by atoms with Crippen molar-refractivity contribution in [2.45, 2.75) is 6.04 Å². The summed E-state index contributed by atoms with van der Waals surface area (Å²) in [6.45, 7) is 0.407. The molecule has 0 saturated heterocycles. The molecular weight excluding hydrogens is 340 g/mol. The summed E-state index contributed by atoms with van der Waals surface area (Å²) in [5.41, 5.74) is 8.43. The smallest absolute Gasteiger partial charge is 0.220 e. The quantitative estimate of drug-likeness (QED) is 0.633. The molecule has 0 bridgehead atoms. The average molecular weight is 360 g/mol. The van der Waals surface area contributed by atoms with E-state index in [2.05, 4.69) is 20.5 Å². The number of anilines is 1. The molecule has 3 aromatic rings. The van der Waals surface area contributed by atoms with Gasteiger partial charge in [-0.1, -0.05) is 36.4 Å². The predicted octanol–water partition coefficient (Wildman–Crippen LogP) is 1.03. The molecule has 0 amide bonds. The largest absolute Gasteiger partial charge is 0.493 e. The van der Waals surface area contributed by atoms with E-state index < -0.39 is 0 Å². The molecule has 4 N–H and O–H groups in total. The van der Waals surface area contributed by atoms with Gasteiger partial charge in [-0.3, -0.25) is 4.57 Å². The molecular formula is C20H20N6O. The van der Waals surface area contributed by atoms with Crippen LogP contribution in [0.15, 0.2) is 58.7 Å². The second-order valence-corrected chi connectivity index (χ2v) is 6.35. The van der Waals surface area contributed by atoms with Gasteiger partial charge in [0.05, 0.1) is 17.6 Å². The topological polar surface area (TPSA) is 101 Å². The summed E-state index contributed by atoms with van der Waals surface area (Å²) in [5, 5.41) is 23.5. The van der Waals surface area contributed by atoms with Crippen LogP contribution in [0, 0.1) is 0 Å². The molecule has 0 radical (unpaired) electrons. The number of fused-ring (bicyclic) bond motifs is 1. The van der Waals surface area contributed by atoms with Gasteiger partial charge in [-0.05, 0) is 29.0 Å². The van der Waals surface area contributed by atoms with Crippen molar-refractivity contribution in [3.63, 3.8) is 0 Å². The Bertz CT molecular complexity index is 1120. The third kappa shape index (κ3) is 3.32. The fourth-order valence-electron chi connectivity index (χ4n) is 3.03. The zero-order valence-electron chi connectivity index (χ0n) is 14.9. The zero-order chi connectivity index (χ0) is 18.8. The normalized spacial score (nSPS) is 14.1. The van der Waals surface area contributed by atoms with Crippen LogP contribution in [0.1, 0.15) is 22.9 Å². The number of nitrogens with two attached hydrogens (primary N) is 1. The number of hydrogen-bond acceptors (Lipinski definition) is 6. The lowest BCUT2D eigenvalue weighted by Crippen LogP contribution is -2.22. The van der Waals surface area contributed by atoms with Crippen LogP contribution >= 0.6 is 0 Å². The summed E-state index contributed by atoms with van der Waals surface area (Å²) in [6.07, 6.45) is 3.54. The summed E-state index contributed by atoms with van der Waals surface area (Å²) in [6, 6.07) is 15.6. The maximum absolute atomic E-state index is 10.5. The number of aromatic hydroxyl groups is 1. The van der Waals surface area contributed by atoms with Gasteiger partial charge in [0.2, 0.25) is 11.8 Å². The highest BCUT2D eigenvalue weighted by molar-refractivity contribution is 5.80. The van der Waals surface area contributed by atoms with Gasteiger partial charge in [-0.25, -0.2) is 4.98 Å². The van der Waals surface area contributed by atoms with Gasteiger partial charge in [0.15, 0.2) is 0 Å². The third-order valence-corrected chi connectivity index (χ3v) is 4.55. The van der Waals surface area contributed by atoms with Crippen LogP contribution < -0.4 is 21.6 Å². The molecule has 1 aliphatic heterocycles. The SMILES string of the molecule is Cn1c(N[C@@H](CN)c2ccccc2)nc(C=c2ccc3c(c2)C=NN=3)c1O. The minimum absolute atomic E-state index is 0.0835. The summed E-state index contributed by atoms with van der Waals surface area (Å²) >= 11 is 0. The summed E-state index contributed by atoms with van der Waals surface area (Å²) in [5.74, 6) is 0.635. The minimum Gasteiger partial charge on any atom is -0.493 e. The molecule has 0 spiro atoms. The summed E-state index contributed by atoms with van der Waals surface area (Å²) < 4.78 is 1.61. The second-order valence-electron chi connectivity index (χ2n) is 6.35. The molecule has 0 unspecified atom stereocenters. The number of nitrogens with one attached hydrogen (secondary N) is 1. The molecule has 1 atom stereocenters. The number of nitrogens with zero attached hydrogens (tertiary/aromatic N) is 4. The first kappa shape index (κ1) is 17.0. The molecule has 0 saturated carbocycles. The van der Waals surface area contributed by atoms with Gasteiger partial charge in [0.1, 0.15) is 5.69 Å². The van der Waals surface area contributed by atoms with E-state index >= 15 is 0 Å². The minimum atomic E-state index is -0.0997. The fraction of sp³-hybridized carbons (Fsp3) is 0.150. The molecule has 0 fully saturated rings. The molecule has 1 aliphatic rings. The van der Waals surface area contributed by atoms with Crippen molar-refractivity contribution in [1.82, 2.24) is 9.55 Å². The standard InChI is InChI=1S/C20H20N6O/c1-26-19(27)17(10-13-7-8-16-15(9-13)12-22-25-16)23-20(26)24-18(11-21)14-5-3-2-4-6-14/h2-10,12,18,27H,11,21H2,1H3,(H,23,24)/t18-/m0/s1.